The molecule has 0 aliphatic heterocycles. The number of benzene rings is 2. The predicted octanol–water partition coefficient (Wildman–Crippen LogP) is 3.22. The molecule has 4 rings (SSSR count). The Hall–Kier alpha value is -2.74. The van der Waals surface area contributed by atoms with E-state index in [9.17, 15) is 0 Å². The van der Waals surface area contributed by atoms with E-state index in [2.05, 4.69) is 21.5 Å². The lowest BCUT2D eigenvalue weighted by Crippen LogP contribution is -2.22. The van der Waals surface area contributed by atoms with Gasteiger partial charge in [-0.15, -0.1) is 0 Å². The molecule has 1 aliphatic carbocycles. The van der Waals surface area contributed by atoms with Crippen molar-refractivity contribution < 1.29 is 14.4 Å². The molecule has 158 valence electrons. The van der Waals surface area contributed by atoms with Crippen molar-refractivity contribution in [2.75, 3.05) is 13.2 Å². The molecule has 0 bridgehead atoms. The van der Waals surface area contributed by atoms with Gasteiger partial charge in [0.15, 0.2) is 0 Å². The van der Waals surface area contributed by atoms with E-state index in [1.165, 1.54) is 11.1 Å². The molecule has 2 aromatic carbocycles. The van der Waals surface area contributed by atoms with Crippen LogP contribution in [0, 0.1) is 0 Å². The van der Waals surface area contributed by atoms with Crippen LogP contribution in [0.5, 0.6) is 5.75 Å². The van der Waals surface area contributed by atoms with Gasteiger partial charge >= 0.3 is 0 Å². The summed E-state index contributed by atoms with van der Waals surface area (Å²) in [6.07, 6.45) is 2.01. The molecule has 0 saturated carbocycles. The zero-order valence-corrected chi connectivity index (χ0v) is 17.4. The van der Waals surface area contributed by atoms with Gasteiger partial charge in [-0.1, -0.05) is 23.4 Å². The standard InChI is InChI=1S/C23H28N4O3/c1-14(2)29-21-9-6-15(12-16(21)13-24)23-26-22(27-30-23)19-5-3-4-18-17(19)7-8-20(18)25-10-11-28/h3-6,9,12,14,20,25,28H,7-8,10-11,13,24H2,1-2H3/t20-/m0/s1. The van der Waals surface area contributed by atoms with Gasteiger partial charge in [0, 0.05) is 35.8 Å². The Bertz CT molecular complexity index is 1020. The smallest absolute Gasteiger partial charge is 0.258 e. The van der Waals surface area contributed by atoms with Crippen LogP contribution in [-0.2, 0) is 13.0 Å². The summed E-state index contributed by atoms with van der Waals surface area (Å²) in [5.74, 6) is 1.82. The number of hydrogen-bond acceptors (Lipinski definition) is 7. The van der Waals surface area contributed by atoms with Crippen LogP contribution in [0.4, 0.5) is 0 Å². The van der Waals surface area contributed by atoms with Gasteiger partial charge in [-0.3, -0.25) is 0 Å². The van der Waals surface area contributed by atoms with Crippen LogP contribution in [0.2, 0.25) is 0 Å². The van der Waals surface area contributed by atoms with Gasteiger partial charge in [-0.2, -0.15) is 4.98 Å². The monoisotopic (exact) mass is 408 g/mol. The Kier molecular flexibility index (Phi) is 6.13. The molecule has 0 amide bonds. The van der Waals surface area contributed by atoms with E-state index in [-0.39, 0.29) is 18.8 Å². The Morgan fingerprint density at radius 1 is 1.30 bits per heavy atom. The Morgan fingerprint density at radius 3 is 2.93 bits per heavy atom. The molecule has 1 heterocycles. The third kappa shape index (κ3) is 4.09. The highest BCUT2D eigenvalue weighted by Crippen LogP contribution is 2.37. The number of aliphatic hydroxyl groups excluding tert-OH is 1. The third-order valence-electron chi connectivity index (χ3n) is 5.33. The first-order valence-electron chi connectivity index (χ1n) is 10.4. The van der Waals surface area contributed by atoms with E-state index in [4.69, 9.17) is 20.1 Å². The summed E-state index contributed by atoms with van der Waals surface area (Å²) < 4.78 is 11.4. The van der Waals surface area contributed by atoms with Crippen molar-refractivity contribution in [3.8, 4) is 28.6 Å². The molecule has 0 unspecified atom stereocenters. The zero-order valence-electron chi connectivity index (χ0n) is 17.4. The van der Waals surface area contributed by atoms with Crippen molar-refractivity contribution in [3.05, 3.63) is 53.1 Å². The molecule has 1 atom stereocenters. The number of nitrogens with one attached hydrogen (secondary N) is 1. The lowest BCUT2D eigenvalue weighted by atomic mass is 10.0. The highest BCUT2D eigenvalue weighted by molar-refractivity contribution is 5.66. The van der Waals surface area contributed by atoms with Crippen LogP contribution in [-0.4, -0.2) is 34.5 Å². The first-order chi connectivity index (χ1) is 14.6. The second kappa shape index (κ2) is 8.95. The number of rotatable bonds is 8. The zero-order chi connectivity index (χ0) is 21.1. The molecule has 0 spiro atoms. The second-order valence-corrected chi connectivity index (χ2v) is 7.76. The Balaban J connectivity index is 1.62. The molecule has 1 aromatic heterocycles. The maximum absolute atomic E-state index is 9.10. The van der Waals surface area contributed by atoms with E-state index in [1.54, 1.807) is 0 Å². The van der Waals surface area contributed by atoms with E-state index < -0.39 is 0 Å². The summed E-state index contributed by atoms with van der Waals surface area (Å²) in [6, 6.07) is 12.2. The number of ether oxygens (including phenoxy) is 1. The number of fused-ring (bicyclic) bond motifs is 1. The van der Waals surface area contributed by atoms with Gasteiger partial charge in [0.05, 0.1) is 12.7 Å². The maximum atomic E-state index is 9.10. The number of hydrogen-bond donors (Lipinski definition) is 3. The quantitative estimate of drug-likeness (QED) is 0.525. The highest BCUT2D eigenvalue weighted by atomic mass is 16.5. The molecule has 4 N–H and O–H groups in total. The molecule has 3 aromatic rings. The van der Waals surface area contributed by atoms with Crippen LogP contribution in [0.15, 0.2) is 40.9 Å². The van der Waals surface area contributed by atoms with Crippen LogP contribution >= 0.6 is 0 Å². The minimum Gasteiger partial charge on any atom is -0.491 e. The van der Waals surface area contributed by atoms with Gasteiger partial charge in [-0.05, 0) is 56.0 Å². The minimum absolute atomic E-state index is 0.0760. The van der Waals surface area contributed by atoms with Crippen molar-refractivity contribution in [2.24, 2.45) is 5.73 Å². The van der Waals surface area contributed by atoms with Gasteiger partial charge < -0.3 is 25.4 Å². The van der Waals surface area contributed by atoms with Gasteiger partial charge in [0.25, 0.3) is 5.89 Å². The fraction of sp³-hybridized carbons (Fsp3) is 0.391. The molecule has 0 radical (unpaired) electrons. The molecule has 30 heavy (non-hydrogen) atoms. The maximum Gasteiger partial charge on any atom is 0.258 e. The van der Waals surface area contributed by atoms with Crippen LogP contribution in [0.1, 0.15) is 43.0 Å². The summed E-state index contributed by atoms with van der Waals surface area (Å²) in [6.45, 7) is 5.05. The molecular weight excluding hydrogens is 380 g/mol. The summed E-state index contributed by atoms with van der Waals surface area (Å²) in [4.78, 5) is 4.66. The minimum atomic E-state index is 0.0760. The number of aliphatic hydroxyl groups is 1. The molecule has 0 saturated heterocycles. The SMILES string of the molecule is CC(C)Oc1ccc(-c2nc(-c3cccc4c3CC[C@@H]4NCCO)no2)cc1CN. The fourth-order valence-corrected chi connectivity index (χ4v) is 4.01. The average Bonchev–Trinajstić information content (AvgIpc) is 3.39. The average molecular weight is 409 g/mol. The van der Waals surface area contributed by atoms with Gasteiger partial charge in [0.2, 0.25) is 5.82 Å². The molecular formula is C23H28N4O3. The first-order valence-corrected chi connectivity index (χ1v) is 10.4. The Labute approximate surface area is 176 Å². The van der Waals surface area contributed by atoms with E-state index in [1.807, 2.05) is 44.2 Å². The number of nitrogens with zero attached hydrogens (tertiary/aromatic N) is 2. The van der Waals surface area contributed by atoms with Crippen molar-refractivity contribution in [1.29, 1.82) is 0 Å². The molecule has 7 heteroatoms. The summed E-state index contributed by atoms with van der Waals surface area (Å²) in [5.41, 5.74) is 11.1. The lowest BCUT2D eigenvalue weighted by molar-refractivity contribution is 0.240. The van der Waals surface area contributed by atoms with Crippen LogP contribution in [0.3, 0.4) is 0 Å². The highest BCUT2D eigenvalue weighted by Gasteiger charge is 2.26. The normalized spacial score (nSPS) is 15.6. The van der Waals surface area contributed by atoms with Crippen LogP contribution < -0.4 is 15.8 Å². The Morgan fingerprint density at radius 2 is 2.17 bits per heavy atom. The first kappa shape index (κ1) is 20.5. The van der Waals surface area contributed by atoms with Crippen molar-refractivity contribution >= 4 is 0 Å². The van der Waals surface area contributed by atoms with Gasteiger partial charge in [0.1, 0.15) is 5.75 Å². The number of nitrogens with two attached hydrogens (primary N) is 1. The van der Waals surface area contributed by atoms with E-state index in [0.29, 0.717) is 24.8 Å². The number of aromatic nitrogens is 2. The molecule has 1 aliphatic rings. The topological polar surface area (TPSA) is 106 Å². The van der Waals surface area contributed by atoms with Crippen molar-refractivity contribution in [2.45, 2.75) is 45.4 Å². The van der Waals surface area contributed by atoms with E-state index >= 15 is 0 Å². The molecule has 7 nitrogen and oxygen atoms in total. The summed E-state index contributed by atoms with van der Waals surface area (Å²) in [5, 5.41) is 16.7. The lowest BCUT2D eigenvalue weighted by Gasteiger charge is -2.13. The second-order valence-electron chi connectivity index (χ2n) is 7.76. The van der Waals surface area contributed by atoms with Gasteiger partial charge in [-0.25, -0.2) is 0 Å². The molecule has 0 fully saturated rings. The largest absolute Gasteiger partial charge is 0.491 e. The fourth-order valence-electron chi connectivity index (χ4n) is 4.01. The van der Waals surface area contributed by atoms with Crippen molar-refractivity contribution in [1.82, 2.24) is 15.5 Å². The summed E-state index contributed by atoms with van der Waals surface area (Å²) in [7, 11) is 0. The predicted molar refractivity (Wildman–Crippen MR) is 115 cm³/mol. The summed E-state index contributed by atoms with van der Waals surface area (Å²) >= 11 is 0. The van der Waals surface area contributed by atoms with Crippen molar-refractivity contribution in [3.63, 3.8) is 0 Å². The van der Waals surface area contributed by atoms with E-state index in [0.717, 1.165) is 35.3 Å². The third-order valence-corrected chi connectivity index (χ3v) is 5.33. The van der Waals surface area contributed by atoms with Crippen LogP contribution in [0.25, 0.3) is 22.8 Å².